The van der Waals surface area contributed by atoms with Gasteiger partial charge in [0.15, 0.2) is 0 Å². The second kappa shape index (κ2) is 9.71. The minimum absolute atomic E-state index is 0.0497. The number of carbonyl (C=O) groups is 1. The molecule has 1 aromatic heterocycles. The van der Waals surface area contributed by atoms with Crippen LogP contribution in [0.2, 0.25) is 0 Å². The third-order valence-electron chi connectivity index (χ3n) is 5.29. The van der Waals surface area contributed by atoms with E-state index in [1.54, 1.807) is 31.5 Å². The summed E-state index contributed by atoms with van der Waals surface area (Å²) in [5, 5.41) is 10.5. The summed E-state index contributed by atoms with van der Waals surface area (Å²) in [6, 6.07) is 6.15. The summed E-state index contributed by atoms with van der Waals surface area (Å²) in [6.45, 7) is 4.29. The molecular weight excluding hydrogens is 359 g/mol. The zero-order valence-electron chi connectivity index (χ0n) is 16.2. The van der Waals surface area contributed by atoms with E-state index < -0.39 is 6.10 Å². The zero-order valence-corrected chi connectivity index (χ0v) is 16.2. The predicted octanol–water partition coefficient (Wildman–Crippen LogP) is 2.55. The number of β-amino-alcohol motifs (C(OH)–C–C–N with tert-alkyl or cyclic N) is 1. The molecule has 0 spiro atoms. The minimum Gasteiger partial charge on any atom is -0.387 e. The van der Waals surface area contributed by atoms with Crippen molar-refractivity contribution in [3.05, 3.63) is 59.9 Å². The Morgan fingerprint density at radius 3 is 2.64 bits per heavy atom. The van der Waals surface area contributed by atoms with Gasteiger partial charge in [0.1, 0.15) is 12.1 Å². The quantitative estimate of drug-likeness (QED) is 0.826. The monoisotopic (exact) mass is 386 g/mol. The van der Waals surface area contributed by atoms with Gasteiger partial charge in [-0.2, -0.15) is 0 Å². The Balaban J connectivity index is 1.58. The fourth-order valence-electron chi connectivity index (χ4n) is 3.77. The fraction of sp³-hybridized carbons (Fsp3) is 0.476. The Hall–Kier alpha value is -2.38. The molecule has 2 unspecified atom stereocenters. The lowest BCUT2D eigenvalue weighted by Gasteiger charge is -2.30. The first-order chi connectivity index (χ1) is 13.5. The molecule has 2 atom stereocenters. The van der Waals surface area contributed by atoms with Crippen molar-refractivity contribution in [2.75, 3.05) is 19.6 Å². The van der Waals surface area contributed by atoms with Crippen LogP contribution in [0.4, 0.5) is 4.39 Å². The van der Waals surface area contributed by atoms with E-state index in [1.165, 1.54) is 18.5 Å². The molecule has 150 valence electrons. The Morgan fingerprint density at radius 2 is 1.96 bits per heavy atom. The van der Waals surface area contributed by atoms with Gasteiger partial charge in [-0.05, 0) is 43.5 Å². The fourth-order valence-corrected chi connectivity index (χ4v) is 3.77. The van der Waals surface area contributed by atoms with Crippen molar-refractivity contribution in [1.29, 1.82) is 0 Å². The molecule has 2 heterocycles. The number of benzene rings is 1. The number of carbonyl (C=O) groups excluding carboxylic acids is 1. The molecule has 1 fully saturated rings. The van der Waals surface area contributed by atoms with Crippen LogP contribution in [0.15, 0.2) is 43.0 Å². The van der Waals surface area contributed by atoms with Crippen LogP contribution in [0.25, 0.3) is 0 Å². The third kappa shape index (κ3) is 5.56. The highest BCUT2D eigenvalue weighted by molar-refractivity contribution is 5.73. The molecule has 1 amide bonds. The lowest BCUT2D eigenvalue weighted by atomic mass is 10.1. The van der Waals surface area contributed by atoms with Gasteiger partial charge in [0, 0.05) is 50.6 Å². The Bertz CT molecular complexity index is 757. The number of rotatable bonds is 6. The first-order valence-corrected chi connectivity index (χ1v) is 9.70. The average molecular weight is 386 g/mol. The number of hydrogen-bond donors (Lipinski definition) is 1. The van der Waals surface area contributed by atoms with Gasteiger partial charge in [0.25, 0.3) is 0 Å². The number of halogens is 1. The molecule has 6 nitrogen and oxygen atoms in total. The summed E-state index contributed by atoms with van der Waals surface area (Å²) in [5.41, 5.74) is 1.64. The van der Waals surface area contributed by atoms with Gasteiger partial charge in [-0.25, -0.2) is 14.4 Å². The smallest absolute Gasteiger partial charge is 0.219 e. The molecule has 1 N–H and O–H groups in total. The van der Waals surface area contributed by atoms with Gasteiger partial charge in [-0.3, -0.25) is 4.79 Å². The maximum absolute atomic E-state index is 13.1. The second-order valence-electron chi connectivity index (χ2n) is 7.35. The van der Waals surface area contributed by atoms with Crippen molar-refractivity contribution in [2.24, 2.45) is 0 Å². The predicted molar refractivity (Wildman–Crippen MR) is 104 cm³/mol. The Kier molecular flexibility index (Phi) is 7.06. The summed E-state index contributed by atoms with van der Waals surface area (Å²) in [6.07, 6.45) is 7.05. The van der Waals surface area contributed by atoms with E-state index >= 15 is 0 Å². The number of hydrogen-bond acceptors (Lipinski definition) is 5. The highest BCUT2D eigenvalue weighted by atomic mass is 19.1. The summed E-state index contributed by atoms with van der Waals surface area (Å²) in [7, 11) is 0. The van der Waals surface area contributed by atoms with Crippen LogP contribution in [-0.4, -0.2) is 56.5 Å². The molecular formula is C21H27FN4O2. The van der Waals surface area contributed by atoms with E-state index in [2.05, 4.69) is 14.9 Å². The lowest BCUT2D eigenvalue weighted by Crippen LogP contribution is -2.39. The molecule has 28 heavy (non-hydrogen) atoms. The van der Waals surface area contributed by atoms with Crippen molar-refractivity contribution >= 4 is 5.91 Å². The number of aromatic nitrogens is 2. The molecule has 1 aliphatic heterocycles. The van der Waals surface area contributed by atoms with E-state index in [0.717, 1.165) is 43.5 Å². The van der Waals surface area contributed by atoms with Crippen LogP contribution in [0.5, 0.6) is 0 Å². The van der Waals surface area contributed by atoms with Crippen LogP contribution in [0.1, 0.15) is 43.4 Å². The molecule has 0 aliphatic carbocycles. The average Bonchev–Trinajstić information content (AvgIpc) is 2.92. The molecule has 2 aromatic rings. The maximum atomic E-state index is 13.1. The van der Waals surface area contributed by atoms with Gasteiger partial charge >= 0.3 is 0 Å². The minimum atomic E-state index is -0.650. The van der Waals surface area contributed by atoms with Crippen LogP contribution in [0, 0.1) is 5.82 Å². The summed E-state index contributed by atoms with van der Waals surface area (Å²) >= 11 is 0. The number of likely N-dealkylation sites (tertiary alicyclic amines) is 1. The summed E-state index contributed by atoms with van der Waals surface area (Å²) < 4.78 is 13.1. The standard InChI is InChI=1S/C21H27FN4O2/c1-16(27)26(13-17-11-23-15-24-12-17)20-3-2-9-25(10-8-20)14-21(28)18-4-6-19(22)7-5-18/h4-7,11-12,15,20-21,28H,2-3,8-10,13-14H2,1H3. The Labute approximate surface area is 165 Å². The van der Waals surface area contributed by atoms with Crippen LogP contribution < -0.4 is 0 Å². The van der Waals surface area contributed by atoms with E-state index in [1.807, 2.05) is 4.90 Å². The number of amides is 1. The number of aliphatic hydroxyl groups is 1. The first-order valence-electron chi connectivity index (χ1n) is 9.70. The molecule has 1 aliphatic rings. The van der Waals surface area contributed by atoms with Crippen molar-refractivity contribution in [3.8, 4) is 0 Å². The Morgan fingerprint density at radius 1 is 1.25 bits per heavy atom. The third-order valence-corrected chi connectivity index (χ3v) is 5.29. The van der Waals surface area contributed by atoms with Crippen LogP contribution >= 0.6 is 0 Å². The van der Waals surface area contributed by atoms with Gasteiger partial charge in [0.05, 0.1) is 6.10 Å². The molecule has 7 heteroatoms. The zero-order chi connectivity index (χ0) is 19.9. The summed E-state index contributed by atoms with van der Waals surface area (Å²) in [4.78, 5) is 24.4. The van der Waals surface area contributed by atoms with Crippen molar-refractivity contribution < 1.29 is 14.3 Å². The van der Waals surface area contributed by atoms with E-state index in [-0.39, 0.29) is 17.8 Å². The maximum Gasteiger partial charge on any atom is 0.219 e. The summed E-state index contributed by atoms with van der Waals surface area (Å²) in [5.74, 6) is -0.254. The van der Waals surface area contributed by atoms with Crippen molar-refractivity contribution in [2.45, 2.75) is 44.9 Å². The molecule has 0 radical (unpaired) electrons. The topological polar surface area (TPSA) is 69.6 Å². The highest BCUT2D eigenvalue weighted by Gasteiger charge is 2.25. The molecule has 1 aromatic carbocycles. The second-order valence-corrected chi connectivity index (χ2v) is 7.35. The largest absolute Gasteiger partial charge is 0.387 e. The molecule has 0 bridgehead atoms. The lowest BCUT2D eigenvalue weighted by molar-refractivity contribution is -0.132. The van der Waals surface area contributed by atoms with Gasteiger partial charge < -0.3 is 14.9 Å². The van der Waals surface area contributed by atoms with Crippen molar-refractivity contribution in [3.63, 3.8) is 0 Å². The van der Waals surface area contributed by atoms with Gasteiger partial charge in [-0.1, -0.05) is 12.1 Å². The molecule has 0 saturated carbocycles. The van der Waals surface area contributed by atoms with Crippen LogP contribution in [-0.2, 0) is 11.3 Å². The molecule has 3 rings (SSSR count). The number of nitrogens with zero attached hydrogens (tertiary/aromatic N) is 4. The normalized spacial score (nSPS) is 19.0. The van der Waals surface area contributed by atoms with E-state index in [0.29, 0.717) is 13.1 Å². The molecule has 1 saturated heterocycles. The van der Waals surface area contributed by atoms with E-state index in [9.17, 15) is 14.3 Å². The highest BCUT2D eigenvalue weighted by Crippen LogP contribution is 2.22. The van der Waals surface area contributed by atoms with Gasteiger partial charge in [-0.15, -0.1) is 0 Å². The SMILES string of the molecule is CC(=O)N(Cc1cncnc1)C1CCCN(CC(O)c2ccc(F)cc2)CC1. The van der Waals surface area contributed by atoms with Crippen molar-refractivity contribution in [1.82, 2.24) is 19.8 Å². The van der Waals surface area contributed by atoms with E-state index in [4.69, 9.17) is 0 Å². The van der Waals surface area contributed by atoms with Gasteiger partial charge in [0.2, 0.25) is 5.91 Å². The first kappa shape index (κ1) is 20.4. The number of aliphatic hydroxyl groups excluding tert-OH is 1. The van der Waals surface area contributed by atoms with Crippen LogP contribution in [0.3, 0.4) is 0 Å².